The van der Waals surface area contributed by atoms with E-state index in [4.69, 9.17) is 14.2 Å². The van der Waals surface area contributed by atoms with E-state index in [9.17, 15) is 9.90 Å². The number of carbonyl (C=O) groups is 1. The molecule has 2 atom stereocenters. The normalized spacial score (nSPS) is 25.6. The van der Waals surface area contributed by atoms with E-state index in [0.29, 0.717) is 45.7 Å². The molecule has 0 aromatic heterocycles. The van der Waals surface area contributed by atoms with E-state index in [1.54, 1.807) is 7.11 Å². The molecule has 2 bridgehead atoms. The molecule has 2 fully saturated rings. The third-order valence-electron chi connectivity index (χ3n) is 7.78. The van der Waals surface area contributed by atoms with E-state index in [-0.39, 0.29) is 24.1 Å². The molecule has 34 heavy (non-hydrogen) atoms. The van der Waals surface area contributed by atoms with Crippen molar-refractivity contribution in [1.82, 2.24) is 4.90 Å². The van der Waals surface area contributed by atoms with Crippen molar-refractivity contribution in [3.8, 4) is 11.1 Å². The van der Waals surface area contributed by atoms with Crippen molar-refractivity contribution < 1.29 is 24.1 Å². The van der Waals surface area contributed by atoms with Crippen LogP contribution in [-0.2, 0) is 14.2 Å². The van der Waals surface area contributed by atoms with Crippen molar-refractivity contribution in [3.63, 3.8) is 0 Å². The number of fused-ring (bicyclic) bond motifs is 5. The third kappa shape index (κ3) is 4.59. The predicted octanol–water partition coefficient (Wildman–Crippen LogP) is 4.74. The predicted molar refractivity (Wildman–Crippen MR) is 130 cm³/mol. The highest BCUT2D eigenvalue weighted by molar-refractivity contribution is 5.79. The monoisotopic (exact) mass is 465 g/mol. The van der Waals surface area contributed by atoms with E-state index < -0.39 is 5.60 Å². The van der Waals surface area contributed by atoms with Crippen LogP contribution in [0.25, 0.3) is 11.1 Å². The largest absolute Gasteiger partial charge is 0.448 e. The lowest BCUT2D eigenvalue weighted by Crippen LogP contribution is -2.60. The molecule has 0 saturated carbocycles. The molecule has 2 aliphatic heterocycles. The highest BCUT2D eigenvalue weighted by atomic mass is 16.6. The van der Waals surface area contributed by atoms with Crippen LogP contribution in [0.4, 0.5) is 4.79 Å². The molecule has 182 valence electrons. The quantitative estimate of drug-likeness (QED) is 0.571. The number of aliphatic hydroxyl groups is 1. The minimum absolute atomic E-state index is 0.0205. The number of carbonyl (C=O) groups excluding carboxylic acids is 1. The van der Waals surface area contributed by atoms with Crippen LogP contribution in [0.15, 0.2) is 48.5 Å². The fraction of sp³-hybridized carbons (Fsp3) is 0.536. The second kappa shape index (κ2) is 10.1. The highest BCUT2D eigenvalue weighted by Gasteiger charge is 2.47. The van der Waals surface area contributed by atoms with Crippen molar-refractivity contribution >= 4 is 6.09 Å². The van der Waals surface area contributed by atoms with Gasteiger partial charge in [-0.3, -0.25) is 0 Å². The summed E-state index contributed by atoms with van der Waals surface area (Å²) >= 11 is 0. The van der Waals surface area contributed by atoms with Crippen molar-refractivity contribution in [2.45, 2.75) is 62.1 Å². The molecule has 2 aromatic rings. The number of amides is 1. The first-order chi connectivity index (χ1) is 16.6. The highest BCUT2D eigenvalue weighted by Crippen LogP contribution is 2.45. The number of nitrogens with zero attached hydrogens (tertiary/aromatic N) is 1. The lowest BCUT2D eigenvalue weighted by Gasteiger charge is -2.51. The van der Waals surface area contributed by atoms with Crippen molar-refractivity contribution in [3.05, 3.63) is 59.7 Å². The zero-order chi connectivity index (χ0) is 23.5. The number of ether oxygens (including phenoxy) is 3. The van der Waals surface area contributed by atoms with Crippen LogP contribution < -0.4 is 0 Å². The molecule has 6 nitrogen and oxygen atoms in total. The Morgan fingerprint density at radius 2 is 1.59 bits per heavy atom. The zero-order valence-corrected chi connectivity index (χ0v) is 19.9. The Morgan fingerprint density at radius 3 is 2.21 bits per heavy atom. The molecule has 6 heteroatoms. The maximum atomic E-state index is 13.3. The van der Waals surface area contributed by atoms with Gasteiger partial charge in [-0.1, -0.05) is 48.5 Å². The first-order valence-electron chi connectivity index (χ1n) is 12.5. The van der Waals surface area contributed by atoms with Crippen LogP contribution in [0.1, 0.15) is 55.6 Å². The second-order valence-corrected chi connectivity index (χ2v) is 9.94. The molecule has 0 spiro atoms. The molecule has 1 N–H and O–H groups in total. The molecule has 2 unspecified atom stereocenters. The van der Waals surface area contributed by atoms with E-state index >= 15 is 0 Å². The topological polar surface area (TPSA) is 68.2 Å². The lowest BCUT2D eigenvalue weighted by molar-refractivity contribution is -0.0982. The average Bonchev–Trinajstić information content (AvgIpc) is 3.15. The summed E-state index contributed by atoms with van der Waals surface area (Å²) in [7, 11) is 1.65. The van der Waals surface area contributed by atoms with Crippen LogP contribution in [0, 0.1) is 0 Å². The average molecular weight is 466 g/mol. The van der Waals surface area contributed by atoms with Crippen LogP contribution in [-0.4, -0.2) is 67.3 Å². The standard InChI is InChI=1S/C28H35NO5/c1-32-15-16-33-14-13-28(31)17-20-7-6-8-21(18-28)29(20)27(30)34-19-26-24-11-4-2-9-22(24)23-10-3-5-12-25(23)26/h2-5,9-12,20-21,26,31H,6-8,13-19H2,1H3. The van der Waals surface area contributed by atoms with Crippen LogP contribution in [0.2, 0.25) is 0 Å². The molecular formula is C28H35NO5. The number of rotatable bonds is 8. The third-order valence-corrected chi connectivity index (χ3v) is 7.78. The summed E-state index contributed by atoms with van der Waals surface area (Å²) in [5, 5.41) is 11.3. The van der Waals surface area contributed by atoms with E-state index in [1.165, 1.54) is 22.3 Å². The molecule has 2 saturated heterocycles. The van der Waals surface area contributed by atoms with Gasteiger partial charge >= 0.3 is 6.09 Å². The van der Waals surface area contributed by atoms with Gasteiger partial charge in [0.1, 0.15) is 6.61 Å². The molecular weight excluding hydrogens is 430 g/mol. The molecule has 0 radical (unpaired) electrons. The summed E-state index contributed by atoms with van der Waals surface area (Å²) in [5.41, 5.74) is 4.11. The SMILES string of the molecule is COCCOCCC1(O)CC2CCCC(C1)N2C(=O)OCC1c2ccccc2-c2ccccc21. The molecule has 1 aliphatic carbocycles. The van der Waals surface area contributed by atoms with Gasteiger partial charge in [-0.2, -0.15) is 0 Å². The van der Waals surface area contributed by atoms with Gasteiger partial charge in [0.05, 0.1) is 18.8 Å². The Labute approximate surface area is 201 Å². The Hall–Kier alpha value is -2.41. The Bertz CT molecular complexity index is 948. The number of benzene rings is 2. The summed E-state index contributed by atoms with van der Waals surface area (Å²) in [6.45, 7) is 1.93. The summed E-state index contributed by atoms with van der Waals surface area (Å²) in [6, 6.07) is 16.8. The first kappa shape index (κ1) is 23.3. The van der Waals surface area contributed by atoms with Gasteiger partial charge in [-0.25, -0.2) is 4.79 Å². The smallest absolute Gasteiger partial charge is 0.410 e. The maximum Gasteiger partial charge on any atom is 0.410 e. The van der Waals surface area contributed by atoms with Crippen LogP contribution in [0.3, 0.4) is 0 Å². The van der Waals surface area contributed by atoms with Crippen molar-refractivity contribution in [2.24, 2.45) is 0 Å². The van der Waals surface area contributed by atoms with Crippen LogP contribution in [0.5, 0.6) is 0 Å². The second-order valence-electron chi connectivity index (χ2n) is 9.94. The molecule has 2 aromatic carbocycles. The van der Waals surface area contributed by atoms with Crippen molar-refractivity contribution in [2.75, 3.05) is 33.5 Å². The van der Waals surface area contributed by atoms with Crippen LogP contribution >= 0.6 is 0 Å². The summed E-state index contributed by atoms with van der Waals surface area (Å²) < 4.78 is 16.6. The Morgan fingerprint density at radius 1 is 0.971 bits per heavy atom. The van der Waals surface area contributed by atoms with E-state index in [0.717, 1.165) is 19.3 Å². The van der Waals surface area contributed by atoms with Gasteiger partial charge in [0.15, 0.2) is 0 Å². The summed E-state index contributed by atoms with van der Waals surface area (Å²) in [6.07, 6.45) is 4.42. The zero-order valence-electron chi connectivity index (χ0n) is 19.9. The lowest BCUT2D eigenvalue weighted by atomic mass is 9.74. The molecule has 3 aliphatic rings. The number of methoxy groups -OCH3 is 1. The molecule has 2 heterocycles. The maximum absolute atomic E-state index is 13.3. The summed E-state index contributed by atoms with van der Waals surface area (Å²) in [5.74, 6) is 0.0576. The van der Waals surface area contributed by atoms with Gasteiger partial charge in [-0.15, -0.1) is 0 Å². The minimum atomic E-state index is -0.789. The summed E-state index contributed by atoms with van der Waals surface area (Å²) in [4.78, 5) is 15.2. The van der Waals surface area contributed by atoms with Gasteiger partial charge < -0.3 is 24.2 Å². The Kier molecular flexibility index (Phi) is 6.91. The Balaban J connectivity index is 1.23. The number of hydrogen-bond donors (Lipinski definition) is 1. The first-order valence-corrected chi connectivity index (χ1v) is 12.5. The van der Waals surface area contributed by atoms with E-state index in [1.807, 2.05) is 17.0 Å². The molecule has 5 rings (SSSR count). The fourth-order valence-corrected chi connectivity index (χ4v) is 6.20. The van der Waals surface area contributed by atoms with Gasteiger partial charge in [0.25, 0.3) is 0 Å². The van der Waals surface area contributed by atoms with Gasteiger partial charge in [0, 0.05) is 31.7 Å². The minimum Gasteiger partial charge on any atom is -0.448 e. The number of hydrogen-bond acceptors (Lipinski definition) is 5. The molecule has 1 amide bonds. The van der Waals surface area contributed by atoms with Gasteiger partial charge in [-0.05, 0) is 60.8 Å². The fourth-order valence-electron chi connectivity index (χ4n) is 6.20. The van der Waals surface area contributed by atoms with Crippen molar-refractivity contribution in [1.29, 1.82) is 0 Å². The van der Waals surface area contributed by atoms with E-state index in [2.05, 4.69) is 36.4 Å². The number of piperidine rings is 2. The van der Waals surface area contributed by atoms with Gasteiger partial charge in [0.2, 0.25) is 0 Å².